The summed E-state index contributed by atoms with van der Waals surface area (Å²) in [6.07, 6.45) is 3.05. The van der Waals surface area contributed by atoms with Crippen molar-refractivity contribution in [2.24, 2.45) is 5.92 Å². The highest BCUT2D eigenvalue weighted by molar-refractivity contribution is 6.17. The van der Waals surface area contributed by atoms with Crippen LogP contribution in [0.25, 0.3) is 11.2 Å². The number of aryl methyl sites for hydroxylation is 1. The van der Waals surface area contributed by atoms with Crippen LogP contribution in [-0.4, -0.2) is 27.5 Å². The standard InChI is InChI=1S/C16H24ClN3O/c1-11(2)5-6-12(3)20-14(9-10-17)18-13-7-8-15(21-4)19-16(13)20/h7-8,11-12H,5-6,9-10H2,1-4H3. The third-order valence-corrected chi connectivity index (χ3v) is 3.90. The monoisotopic (exact) mass is 309 g/mol. The first kappa shape index (κ1) is 16.1. The summed E-state index contributed by atoms with van der Waals surface area (Å²) in [6.45, 7) is 6.72. The molecule has 21 heavy (non-hydrogen) atoms. The van der Waals surface area contributed by atoms with E-state index in [-0.39, 0.29) is 0 Å². The van der Waals surface area contributed by atoms with E-state index in [1.165, 1.54) is 6.42 Å². The van der Waals surface area contributed by atoms with Gasteiger partial charge in [0.2, 0.25) is 5.88 Å². The lowest BCUT2D eigenvalue weighted by atomic mass is 10.0. The Kier molecular flexibility index (Phi) is 5.45. The highest BCUT2D eigenvalue weighted by atomic mass is 35.5. The minimum absolute atomic E-state index is 0.357. The largest absolute Gasteiger partial charge is 0.481 e. The third kappa shape index (κ3) is 3.67. The van der Waals surface area contributed by atoms with Gasteiger partial charge in [0.25, 0.3) is 0 Å². The molecule has 0 radical (unpaired) electrons. The molecule has 2 aromatic heterocycles. The fraction of sp³-hybridized carbons (Fsp3) is 0.625. The summed E-state index contributed by atoms with van der Waals surface area (Å²) in [5.41, 5.74) is 1.80. The smallest absolute Gasteiger partial charge is 0.215 e. The van der Waals surface area contributed by atoms with Gasteiger partial charge in [0, 0.05) is 24.4 Å². The van der Waals surface area contributed by atoms with Crippen molar-refractivity contribution in [1.82, 2.24) is 14.5 Å². The van der Waals surface area contributed by atoms with Crippen LogP contribution < -0.4 is 4.74 Å². The molecule has 0 fully saturated rings. The number of halogens is 1. The molecule has 5 heteroatoms. The Labute approximate surface area is 131 Å². The van der Waals surface area contributed by atoms with Gasteiger partial charge in [0.1, 0.15) is 11.3 Å². The summed E-state index contributed by atoms with van der Waals surface area (Å²) in [4.78, 5) is 9.27. The SMILES string of the molecule is COc1ccc2nc(CCCl)n(C(C)CCC(C)C)c2n1. The van der Waals surface area contributed by atoms with Gasteiger partial charge >= 0.3 is 0 Å². The molecule has 0 saturated heterocycles. The Morgan fingerprint density at radius 2 is 1.95 bits per heavy atom. The van der Waals surface area contributed by atoms with Crippen LogP contribution in [0.1, 0.15) is 45.5 Å². The summed E-state index contributed by atoms with van der Waals surface area (Å²) >= 11 is 5.93. The Hall–Kier alpha value is -1.29. The Morgan fingerprint density at radius 3 is 2.57 bits per heavy atom. The molecule has 2 rings (SSSR count). The number of nitrogens with zero attached hydrogens (tertiary/aromatic N) is 3. The normalized spacial score (nSPS) is 13.0. The van der Waals surface area contributed by atoms with Gasteiger partial charge in [0.15, 0.2) is 5.65 Å². The lowest BCUT2D eigenvalue weighted by molar-refractivity contribution is 0.397. The molecule has 0 aliphatic carbocycles. The maximum Gasteiger partial charge on any atom is 0.215 e. The van der Waals surface area contributed by atoms with Crippen LogP contribution in [0.2, 0.25) is 0 Å². The van der Waals surface area contributed by atoms with Crippen molar-refractivity contribution >= 4 is 22.8 Å². The van der Waals surface area contributed by atoms with E-state index in [0.29, 0.717) is 23.7 Å². The molecule has 0 aromatic carbocycles. The molecule has 116 valence electrons. The van der Waals surface area contributed by atoms with Crippen molar-refractivity contribution in [3.63, 3.8) is 0 Å². The van der Waals surface area contributed by atoms with E-state index >= 15 is 0 Å². The Morgan fingerprint density at radius 1 is 1.19 bits per heavy atom. The molecule has 0 aliphatic rings. The van der Waals surface area contributed by atoms with Crippen LogP contribution in [0.15, 0.2) is 12.1 Å². The number of hydrogen-bond donors (Lipinski definition) is 0. The van der Waals surface area contributed by atoms with Gasteiger partial charge in [-0.3, -0.25) is 0 Å². The fourth-order valence-corrected chi connectivity index (χ4v) is 2.71. The second-order valence-electron chi connectivity index (χ2n) is 5.85. The van der Waals surface area contributed by atoms with Gasteiger partial charge in [-0.15, -0.1) is 11.6 Å². The van der Waals surface area contributed by atoms with Gasteiger partial charge in [-0.2, -0.15) is 4.98 Å². The van der Waals surface area contributed by atoms with Crippen LogP contribution in [0.4, 0.5) is 0 Å². The molecule has 0 N–H and O–H groups in total. The van der Waals surface area contributed by atoms with Crippen molar-refractivity contribution < 1.29 is 4.74 Å². The Bertz CT molecular complexity index is 594. The number of rotatable bonds is 7. The zero-order chi connectivity index (χ0) is 15.4. The highest BCUT2D eigenvalue weighted by Crippen LogP contribution is 2.26. The van der Waals surface area contributed by atoms with E-state index in [2.05, 4.69) is 35.3 Å². The topological polar surface area (TPSA) is 39.9 Å². The highest BCUT2D eigenvalue weighted by Gasteiger charge is 2.17. The lowest BCUT2D eigenvalue weighted by Gasteiger charge is -2.18. The molecule has 0 aliphatic heterocycles. The minimum atomic E-state index is 0.357. The quantitative estimate of drug-likeness (QED) is 0.719. The van der Waals surface area contributed by atoms with Gasteiger partial charge in [-0.25, -0.2) is 4.98 Å². The van der Waals surface area contributed by atoms with Crippen molar-refractivity contribution in [2.75, 3.05) is 13.0 Å². The number of ether oxygens (including phenoxy) is 1. The van der Waals surface area contributed by atoms with E-state index < -0.39 is 0 Å². The molecular weight excluding hydrogens is 286 g/mol. The first-order valence-corrected chi connectivity index (χ1v) is 8.08. The number of alkyl halides is 1. The minimum Gasteiger partial charge on any atom is -0.481 e. The van der Waals surface area contributed by atoms with Gasteiger partial charge < -0.3 is 9.30 Å². The number of aromatic nitrogens is 3. The van der Waals surface area contributed by atoms with Crippen LogP contribution in [-0.2, 0) is 6.42 Å². The van der Waals surface area contributed by atoms with Gasteiger partial charge in [-0.1, -0.05) is 13.8 Å². The van der Waals surface area contributed by atoms with E-state index in [0.717, 1.165) is 29.8 Å². The van der Waals surface area contributed by atoms with Crippen LogP contribution in [0.3, 0.4) is 0 Å². The average Bonchev–Trinajstić information content (AvgIpc) is 2.82. The molecule has 1 unspecified atom stereocenters. The van der Waals surface area contributed by atoms with E-state index in [4.69, 9.17) is 16.3 Å². The van der Waals surface area contributed by atoms with Crippen LogP contribution in [0, 0.1) is 5.92 Å². The van der Waals surface area contributed by atoms with E-state index in [9.17, 15) is 0 Å². The maximum atomic E-state index is 5.93. The van der Waals surface area contributed by atoms with Crippen LogP contribution >= 0.6 is 11.6 Å². The molecule has 0 spiro atoms. The fourth-order valence-electron chi connectivity index (χ4n) is 2.54. The number of hydrogen-bond acceptors (Lipinski definition) is 3. The van der Waals surface area contributed by atoms with Crippen molar-refractivity contribution in [3.05, 3.63) is 18.0 Å². The van der Waals surface area contributed by atoms with Crippen molar-refractivity contribution in [3.8, 4) is 5.88 Å². The molecule has 2 heterocycles. The zero-order valence-corrected chi connectivity index (χ0v) is 14.0. The van der Waals surface area contributed by atoms with Crippen molar-refractivity contribution in [1.29, 1.82) is 0 Å². The number of pyridine rings is 1. The summed E-state index contributed by atoms with van der Waals surface area (Å²) in [5, 5.41) is 0. The van der Waals surface area contributed by atoms with Gasteiger partial charge in [-0.05, 0) is 31.7 Å². The predicted octanol–water partition coefficient (Wildman–Crippen LogP) is 4.22. The summed E-state index contributed by atoms with van der Waals surface area (Å²) in [5.74, 6) is 2.90. The zero-order valence-electron chi connectivity index (χ0n) is 13.3. The molecule has 4 nitrogen and oxygen atoms in total. The molecule has 0 bridgehead atoms. The van der Waals surface area contributed by atoms with Crippen LogP contribution in [0.5, 0.6) is 5.88 Å². The number of fused-ring (bicyclic) bond motifs is 1. The number of methoxy groups -OCH3 is 1. The first-order valence-electron chi connectivity index (χ1n) is 7.54. The lowest BCUT2D eigenvalue weighted by Crippen LogP contribution is -2.11. The molecule has 0 saturated carbocycles. The summed E-state index contributed by atoms with van der Waals surface area (Å²) in [6, 6.07) is 4.17. The van der Waals surface area contributed by atoms with Crippen molar-refractivity contribution in [2.45, 2.75) is 46.1 Å². The maximum absolute atomic E-state index is 5.93. The first-order chi connectivity index (χ1) is 10.1. The second-order valence-corrected chi connectivity index (χ2v) is 6.23. The average molecular weight is 310 g/mol. The summed E-state index contributed by atoms with van der Waals surface area (Å²) in [7, 11) is 1.64. The molecule has 2 aromatic rings. The Balaban J connectivity index is 2.43. The molecular formula is C16H24ClN3O. The number of imidazole rings is 1. The van der Waals surface area contributed by atoms with E-state index in [1.807, 2.05) is 12.1 Å². The second kappa shape index (κ2) is 7.12. The summed E-state index contributed by atoms with van der Waals surface area (Å²) < 4.78 is 7.47. The van der Waals surface area contributed by atoms with E-state index in [1.54, 1.807) is 7.11 Å². The third-order valence-electron chi connectivity index (χ3n) is 3.71. The predicted molar refractivity (Wildman–Crippen MR) is 87.3 cm³/mol. The molecule has 0 amide bonds. The van der Waals surface area contributed by atoms with Gasteiger partial charge in [0.05, 0.1) is 7.11 Å². The molecule has 1 atom stereocenters.